The van der Waals surface area contributed by atoms with Gasteiger partial charge in [0.05, 0.1) is 5.92 Å². The van der Waals surface area contributed by atoms with E-state index in [0.29, 0.717) is 13.0 Å². The van der Waals surface area contributed by atoms with Crippen LogP contribution in [0.4, 0.5) is 0 Å². The summed E-state index contributed by atoms with van der Waals surface area (Å²) in [6.45, 7) is 0.474. The van der Waals surface area contributed by atoms with Gasteiger partial charge in [0.25, 0.3) is 0 Å². The van der Waals surface area contributed by atoms with E-state index in [1.807, 2.05) is 60.7 Å². The average Bonchev–Trinajstić information content (AvgIpc) is 2.61. The van der Waals surface area contributed by atoms with E-state index in [9.17, 15) is 4.79 Å². The molecule has 0 bridgehead atoms. The molecule has 23 heavy (non-hydrogen) atoms. The first-order chi connectivity index (χ1) is 11.3. The second-order valence-electron chi connectivity index (χ2n) is 5.70. The minimum atomic E-state index is -0.160. The van der Waals surface area contributed by atoms with Crippen LogP contribution < -0.4 is 0 Å². The molecule has 1 atom stereocenters. The van der Waals surface area contributed by atoms with Crippen LogP contribution in [-0.4, -0.2) is 17.7 Å². The molecule has 3 nitrogen and oxygen atoms in total. The van der Waals surface area contributed by atoms with Crippen molar-refractivity contribution in [2.45, 2.75) is 32.3 Å². The molecular weight excluding hydrogens is 288 g/mol. The van der Waals surface area contributed by atoms with Crippen molar-refractivity contribution in [1.82, 2.24) is 0 Å². The Hall–Kier alpha value is -2.13. The number of rotatable bonds is 9. The highest BCUT2D eigenvalue weighted by molar-refractivity contribution is 5.72. The van der Waals surface area contributed by atoms with E-state index in [2.05, 4.69) is 0 Å². The van der Waals surface area contributed by atoms with Gasteiger partial charge in [0.2, 0.25) is 0 Å². The monoisotopic (exact) mass is 312 g/mol. The zero-order chi connectivity index (χ0) is 16.3. The van der Waals surface area contributed by atoms with Gasteiger partial charge < -0.3 is 9.84 Å². The molecule has 2 aromatic carbocycles. The van der Waals surface area contributed by atoms with Gasteiger partial charge in [-0.05, 0) is 30.4 Å². The van der Waals surface area contributed by atoms with Gasteiger partial charge in [-0.15, -0.1) is 0 Å². The number of hydrogen-bond acceptors (Lipinski definition) is 3. The molecule has 1 N–H and O–H groups in total. The summed E-state index contributed by atoms with van der Waals surface area (Å²) < 4.78 is 5.49. The van der Waals surface area contributed by atoms with E-state index in [0.717, 1.165) is 30.4 Å². The summed E-state index contributed by atoms with van der Waals surface area (Å²) >= 11 is 0. The molecule has 1 unspecified atom stereocenters. The molecule has 0 aliphatic rings. The summed E-state index contributed by atoms with van der Waals surface area (Å²) in [7, 11) is 0. The first-order valence-electron chi connectivity index (χ1n) is 8.15. The van der Waals surface area contributed by atoms with E-state index in [1.165, 1.54) is 0 Å². The van der Waals surface area contributed by atoms with Crippen LogP contribution in [-0.2, 0) is 22.6 Å². The number of esters is 1. The van der Waals surface area contributed by atoms with Crippen LogP contribution in [0.3, 0.4) is 0 Å². The van der Waals surface area contributed by atoms with E-state index in [-0.39, 0.29) is 18.5 Å². The molecule has 0 amide bonds. The number of hydrogen-bond donors (Lipinski definition) is 1. The summed E-state index contributed by atoms with van der Waals surface area (Å²) in [6, 6.07) is 19.7. The van der Waals surface area contributed by atoms with Crippen molar-refractivity contribution in [1.29, 1.82) is 0 Å². The maximum Gasteiger partial charge on any atom is 0.309 e. The minimum Gasteiger partial charge on any atom is -0.461 e. The van der Waals surface area contributed by atoms with Gasteiger partial charge in [0.15, 0.2) is 0 Å². The van der Waals surface area contributed by atoms with Crippen LogP contribution in [0, 0.1) is 5.92 Å². The maximum absolute atomic E-state index is 12.4. The van der Waals surface area contributed by atoms with Crippen molar-refractivity contribution >= 4 is 5.97 Å². The van der Waals surface area contributed by atoms with Crippen LogP contribution in [0.2, 0.25) is 0 Å². The van der Waals surface area contributed by atoms with Gasteiger partial charge in [0.1, 0.15) is 6.61 Å². The Kier molecular flexibility index (Phi) is 7.34. The third-order valence-corrected chi connectivity index (χ3v) is 3.84. The minimum absolute atomic E-state index is 0.157. The third-order valence-electron chi connectivity index (χ3n) is 3.84. The molecule has 122 valence electrons. The van der Waals surface area contributed by atoms with Gasteiger partial charge in [-0.1, -0.05) is 67.1 Å². The van der Waals surface area contributed by atoms with Gasteiger partial charge in [0, 0.05) is 6.61 Å². The predicted molar refractivity (Wildman–Crippen MR) is 90.8 cm³/mol. The second-order valence-corrected chi connectivity index (χ2v) is 5.70. The van der Waals surface area contributed by atoms with Crippen LogP contribution in [0.25, 0.3) is 0 Å². The maximum atomic E-state index is 12.4. The number of carbonyl (C=O) groups is 1. The lowest BCUT2D eigenvalue weighted by Crippen LogP contribution is -2.20. The van der Waals surface area contributed by atoms with Gasteiger partial charge in [-0.2, -0.15) is 0 Å². The van der Waals surface area contributed by atoms with Crippen LogP contribution in [0.1, 0.15) is 30.4 Å². The number of aliphatic hydroxyl groups excluding tert-OH is 1. The van der Waals surface area contributed by atoms with E-state index in [4.69, 9.17) is 9.84 Å². The first kappa shape index (κ1) is 17.2. The van der Waals surface area contributed by atoms with E-state index >= 15 is 0 Å². The first-order valence-corrected chi connectivity index (χ1v) is 8.15. The lowest BCUT2D eigenvalue weighted by molar-refractivity contribution is -0.150. The fourth-order valence-electron chi connectivity index (χ4n) is 2.55. The largest absolute Gasteiger partial charge is 0.461 e. The van der Waals surface area contributed by atoms with Crippen LogP contribution in [0.15, 0.2) is 60.7 Å². The lowest BCUT2D eigenvalue weighted by atomic mass is 9.94. The number of carbonyl (C=O) groups excluding carboxylic acids is 1. The zero-order valence-electron chi connectivity index (χ0n) is 13.4. The Labute approximate surface area is 137 Å². The molecule has 0 heterocycles. The summed E-state index contributed by atoms with van der Waals surface area (Å²) in [6.07, 6.45) is 2.97. The lowest BCUT2D eigenvalue weighted by Gasteiger charge is -2.16. The van der Waals surface area contributed by atoms with Crippen molar-refractivity contribution in [3.63, 3.8) is 0 Å². The van der Waals surface area contributed by atoms with E-state index in [1.54, 1.807) is 0 Å². The summed E-state index contributed by atoms with van der Waals surface area (Å²) in [5.41, 5.74) is 2.13. The molecule has 0 aromatic heterocycles. The predicted octanol–water partition coefficient (Wildman–Crippen LogP) is 3.75. The van der Waals surface area contributed by atoms with E-state index < -0.39 is 0 Å². The molecular formula is C20H24O3. The standard InChI is InChI=1S/C20H24O3/c21-14-8-7-13-19(15-17-9-3-1-4-10-17)20(22)23-16-18-11-5-2-6-12-18/h1-6,9-12,19,21H,7-8,13-16H2. The average molecular weight is 312 g/mol. The fourth-order valence-corrected chi connectivity index (χ4v) is 2.55. The number of ether oxygens (including phenoxy) is 1. The van der Waals surface area contributed by atoms with Crippen LogP contribution >= 0.6 is 0 Å². The highest BCUT2D eigenvalue weighted by Crippen LogP contribution is 2.18. The van der Waals surface area contributed by atoms with Crippen molar-refractivity contribution in [3.05, 3.63) is 71.8 Å². The number of benzene rings is 2. The SMILES string of the molecule is O=C(OCc1ccccc1)C(CCCCO)Cc1ccccc1. The molecule has 0 aliphatic carbocycles. The zero-order valence-corrected chi connectivity index (χ0v) is 13.4. The Morgan fingerprint density at radius 3 is 2.13 bits per heavy atom. The molecule has 0 radical (unpaired) electrons. The summed E-state index contributed by atoms with van der Waals surface area (Å²) in [4.78, 5) is 12.4. The molecule has 0 spiro atoms. The highest BCUT2D eigenvalue weighted by Gasteiger charge is 2.20. The van der Waals surface area contributed by atoms with Gasteiger partial charge in [-0.3, -0.25) is 4.79 Å². The Balaban J connectivity index is 1.93. The summed E-state index contributed by atoms with van der Waals surface area (Å²) in [5.74, 6) is -0.316. The van der Waals surface area contributed by atoms with Crippen molar-refractivity contribution in [2.24, 2.45) is 5.92 Å². The fraction of sp³-hybridized carbons (Fsp3) is 0.350. The molecule has 0 saturated carbocycles. The molecule has 0 saturated heterocycles. The molecule has 0 fully saturated rings. The smallest absolute Gasteiger partial charge is 0.309 e. The van der Waals surface area contributed by atoms with Crippen molar-refractivity contribution in [3.8, 4) is 0 Å². The Morgan fingerprint density at radius 1 is 0.913 bits per heavy atom. The number of aliphatic hydroxyl groups is 1. The number of unbranched alkanes of at least 4 members (excludes halogenated alkanes) is 1. The molecule has 3 heteroatoms. The topological polar surface area (TPSA) is 46.5 Å². The van der Waals surface area contributed by atoms with Crippen molar-refractivity contribution < 1.29 is 14.6 Å². The third kappa shape index (κ3) is 6.25. The van der Waals surface area contributed by atoms with Gasteiger partial charge >= 0.3 is 5.97 Å². The second kappa shape index (κ2) is 9.80. The highest BCUT2D eigenvalue weighted by atomic mass is 16.5. The normalized spacial score (nSPS) is 11.9. The Bertz CT molecular complexity index is 566. The van der Waals surface area contributed by atoms with Gasteiger partial charge in [-0.25, -0.2) is 0 Å². The molecule has 0 aliphatic heterocycles. The molecule has 2 aromatic rings. The van der Waals surface area contributed by atoms with Crippen LogP contribution in [0.5, 0.6) is 0 Å². The van der Waals surface area contributed by atoms with Crippen molar-refractivity contribution in [2.75, 3.05) is 6.61 Å². The molecule has 2 rings (SSSR count). The summed E-state index contributed by atoms with van der Waals surface area (Å²) in [5, 5.41) is 8.94. The Morgan fingerprint density at radius 2 is 1.52 bits per heavy atom. The quantitative estimate of drug-likeness (QED) is 0.566.